The normalized spacial score (nSPS) is 21.6. The molecule has 0 saturated heterocycles. The fourth-order valence-corrected chi connectivity index (χ4v) is 3.22. The van der Waals surface area contributed by atoms with Crippen LogP contribution in [0.25, 0.3) is 0 Å². The Bertz CT molecular complexity index is 485. The van der Waals surface area contributed by atoms with Crippen LogP contribution in [-0.2, 0) is 4.79 Å². The van der Waals surface area contributed by atoms with E-state index in [9.17, 15) is 4.79 Å². The molecule has 0 spiro atoms. The summed E-state index contributed by atoms with van der Waals surface area (Å²) in [4.78, 5) is 13.9. The number of halogens is 2. The number of anilines is 1. The number of amides is 1. The van der Waals surface area contributed by atoms with E-state index in [4.69, 9.17) is 23.2 Å². The summed E-state index contributed by atoms with van der Waals surface area (Å²) in [5.74, 6) is 0.327. The number of benzene rings is 1. The summed E-state index contributed by atoms with van der Waals surface area (Å²) in [6, 6.07) is 5.74. The number of carbonyl (C=O) groups is 1. The van der Waals surface area contributed by atoms with E-state index in [2.05, 4.69) is 20.8 Å². The fourth-order valence-electron chi connectivity index (χ4n) is 2.94. The molecule has 2 nitrogen and oxygen atoms in total. The first kappa shape index (κ1) is 13.7. The molecule has 1 amide bonds. The Morgan fingerprint density at radius 2 is 2.17 bits per heavy atom. The van der Waals surface area contributed by atoms with Gasteiger partial charge in [-0.1, -0.05) is 24.6 Å². The molecule has 2 rings (SSSR count). The Morgan fingerprint density at radius 1 is 1.50 bits per heavy atom. The summed E-state index contributed by atoms with van der Waals surface area (Å²) in [6.07, 6.45) is 0.921. The lowest BCUT2D eigenvalue weighted by atomic mass is 9.80. The van der Waals surface area contributed by atoms with Crippen molar-refractivity contribution in [1.29, 1.82) is 0 Å². The van der Waals surface area contributed by atoms with Crippen LogP contribution in [0.2, 0.25) is 5.02 Å². The van der Waals surface area contributed by atoms with Crippen molar-refractivity contribution in [2.45, 2.75) is 38.6 Å². The van der Waals surface area contributed by atoms with Crippen LogP contribution in [-0.4, -0.2) is 17.3 Å². The Kier molecular flexibility index (Phi) is 3.61. The van der Waals surface area contributed by atoms with Crippen LogP contribution in [0.15, 0.2) is 18.2 Å². The standard InChI is InChI=1S/C14H17Cl2NO/c1-9-7-14(2,3)17(13(18)8-15)12-6-10(16)4-5-11(9)12/h4-6,9H,7-8H2,1-3H3/t9-/m1/s1. The minimum atomic E-state index is -0.233. The van der Waals surface area contributed by atoms with E-state index in [1.807, 2.05) is 18.2 Å². The molecule has 0 fully saturated rings. The number of fused-ring (bicyclic) bond motifs is 1. The van der Waals surface area contributed by atoms with Crippen LogP contribution in [0.4, 0.5) is 5.69 Å². The van der Waals surface area contributed by atoms with Crippen LogP contribution >= 0.6 is 23.2 Å². The molecule has 1 atom stereocenters. The van der Waals surface area contributed by atoms with Crippen LogP contribution in [0, 0.1) is 0 Å². The lowest BCUT2D eigenvalue weighted by molar-refractivity contribution is -0.117. The maximum absolute atomic E-state index is 12.1. The first-order valence-corrected chi connectivity index (χ1v) is 6.96. The third-order valence-corrected chi connectivity index (χ3v) is 4.00. The molecule has 0 aliphatic carbocycles. The van der Waals surface area contributed by atoms with E-state index in [1.165, 1.54) is 0 Å². The van der Waals surface area contributed by atoms with E-state index in [-0.39, 0.29) is 17.3 Å². The smallest absolute Gasteiger partial charge is 0.242 e. The molecule has 18 heavy (non-hydrogen) atoms. The number of hydrogen-bond acceptors (Lipinski definition) is 1. The topological polar surface area (TPSA) is 20.3 Å². The second-order valence-electron chi connectivity index (χ2n) is 5.48. The van der Waals surface area contributed by atoms with Gasteiger partial charge >= 0.3 is 0 Å². The van der Waals surface area contributed by atoms with Gasteiger partial charge < -0.3 is 4.90 Å². The molecule has 1 heterocycles. The molecular weight excluding hydrogens is 269 g/mol. The lowest BCUT2D eigenvalue weighted by Crippen LogP contribution is -2.52. The van der Waals surface area contributed by atoms with Crippen molar-refractivity contribution < 1.29 is 4.79 Å². The largest absolute Gasteiger partial charge is 0.305 e. The van der Waals surface area contributed by atoms with Crippen LogP contribution in [0.1, 0.15) is 38.7 Å². The van der Waals surface area contributed by atoms with Gasteiger partial charge in [-0.05, 0) is 43.9 Å². The zero-order valence-electron chi connectivity index (χ0n) is 10.8. The van der Waals surface area contributed by atoms with Gasteiger partial charge in [-0.25, -0.2) is 0 Å². The van der Waals surface area contributed by atoms with Gasteiger partial charge in [0.15, 0.2) is 0 Å². The highest BCUT2D eigenvalue weighted by molar-refractivity contribution is 6.31. The van der Waals surface area contributed by atoms with Crippen molar-refractivity contribution in [1.82, 2.24) is 0 Å². The Balaban J connectivity index is 2.60. The van der Waals surface area contributed by atoms with E-state index >= 15 is 0 Å². The molecule has 0 unspecified atom stereocenters. The highest BCUT2D eigenvalue weighted by Gasteiger charge is 2.39. The van der Waals surface area contributed by atoms with E-state index in [0.717, 1.165) is 17.7 Å². The molecule has 0 bridgehead atoms. The third-order valence-electron chi connectivity index (χ3n) is 3.54. The monoisotopic (exact) mass is 285 g/mol. The van der Waals surface area contributed by atoms with E-state index in [0.29, 0.717) is 10.9 Å². The maximum Gasteiger partial charge on any atom is 0.242 e. The van der Waals surface area contributed by atoms with Crippen LogP contribution < -0.4 is 4.90 Å². The second-order valence-corrected chi connectivity index (χ2v) is 6.19. The molecular formula is C14H17Cl2NO. The van der Waals surface area contributed by atoms with Crippen molar-refractivity contribution in [2.24, 2.45) is 0 Å². The zero-order valence-corrected chi connectivity index (χ0v) is 12.3. The van der Waals surface area contributed by atoms with Gasteiger partial charge in [-0.3, -0.25) is 4.79 Å². The summed E-state index contributed by atoms with van der Waals surface area (Å²) in [5, 5.41) is 0.644. The molecule has 1 aliphatic rings. The predicted molar refractivity (Wildman–Crippen MR) is 76.8 cm³/mol. The van der Waals surface area contributed by atoms with Gasteiger partial charge in [0.2, 0.25) is 5.91 Å². The Hall–Kier alpha value is -0.730. The molecule has 1 aromatic carbocycles. The molecule has 4 heteroatoms. The number of hydrogen-bond donors (Lipinski definition) is 0. The van der Waals surface area contributed by atoms with Crippen molar-refractivity contribution in [2.75, 3.05) is 10.8 Å². The van der Waals surface area contributed by atoms with Gasteiger partial charge in [0.25, 0.3) is 0 Å². The first-order valence-electron chi connectivity index (χ1n) is 6.05. The maximum atomic E-state index is 12.1. The summed E-state index contributed by atoms with van der Waals surface area (Å²) in [5.41, 5.74) is 1.83. The SMILES string of the molecule is C[C@@H]1CC(C)(C)N(C(=O)CCl)c2cc(Cl)ccc21. The number of carbonyl (C=O) groups excluding carboxylic acids is 1. The van der Waals surface area contributed by atoms with Crippen molar-refractivity contribution in [3.05, 3.63) is 28.8 Å². The molecule has 0 saturated carbocycles. The highest BCUT2D eigenvalue weighted by Crippen LogP contribution is 2.44. The zero-order chi connectivity index (χ0) is 13.5. The summed E-state index contributed by atoms with van der Waals surface area (Å²) in [7, 11) is 0. The molecule has 0 aromatic heterocycles. The Labute approximate surface area is 118 Å². The third kappa shape index (κ3) is 2.24. The molecule has 1 aliphatic heterocycles. The predicted octanol–water partition coefficient (Wildman–Crippen LogP) is 4.20. The van der Waals surface area contributed by atoms with Crippen molar-refractivity contribution in [3.8, 4) is 0 Å². The molecule has 1 aromatic rings. The summed E-state index contributed by atoms with van der Waals surface area (Å²) >= 11 is 11.8. The van der Waals surface area contributed by atoms with Crippen molar-refractivity contribution in [3.63, 3.8) is 0 Å². The van der Waals surface area contributed by atoms with E-state index in [1.54, 1.807) is 4.90 Å². The summed E-state index contributed by atoms with van der Waals surface area (Å²) in [6.45, 7) is 6.31. The minimum Gasteiger partial charge on any atom is -0.305 e. The first-order chi connectivity index (χ1) is 8.36. The molecule has 0 N–H and O–H groups in total. The Morgan fingerprint density at radius 3 is 2.78 bits per heavy atom. The summed E-state index contributed by atoms with van der Waals surface area (Å²) < 4.78 is 0. The average molecular weight is 286 g/mol. The fraction of sp³-hybridized carbons (Fsp3) is 0.500. The average Bonchev–Trinajstić information content (AvgIpc) is 2.26. The van der Waals surface area contributed by atoms with Gasteiger partial charge in [-0.2, -0.15) is 0 Å². The minimum absolute atomic E-state index is 0.0102. The lowest BCUT2D eigenvalue weighted by Gasteiger charge is -2.45. The van der Waals surface area contributed by atoms with E-state index < -0.39 is 0 Å². The van der Waals surface area contributed by atoms with Gasteiger partial charge in [-0.15, -0.1) is 11.6 Å². The second kappa shape index (κ2) is 4.75. The number of rotatable bonds is 1. The quantitative estimate of drug-likeness (QED) is 0.709. The number of alkyl halides is 1. The van der Waals surface area contributed by atoms with Crippen LogP contribution in [0.3, 0.4) is 0 Å². The molecule has 98 valence electrons. The molecule has 0 radical (unpaired) electrons. The van der Waals surface area contributed by atoms with Crippen LogP contribution in [0.5, 0.6) is 0 Å². The highest BCUT2D eigenvalue weighted by atomic mass is 35.5. The van der Waals surface area contributed by atoms with Gasteiger partial charge in [0.1, 0.15) is 5.88 Å². The van der Waals surface area contributed by atoms with Crippen molar-refractivity contribution >= 4 is 34.8 Å². The van der Waals surface area contributed by atoms with Gasteiger partial charge in [0.05, 0.1) is 0 Å². The number of nitrogens with zero attached hydrogens (tertiary/aromatic N) is 1. The van der Waals surface area contributed by atoms with Gasteiger partial charge in [0, 0.05) is 16.2 Å².